The van der Waals surface area contributed by atoms with Crippen molar-refractivity contribution in [2.75, 3.05) is 20.7 Å². The molecule has 1 heterocycles. The zero-order valence-corrected chi connectivity index (χ0v) is 16.2. The largest absolute Gasteiger partial charge is 0.497 e. The molecular formula is C18H26N4O2S. The molecule has 136 valence electrons. The van der Waals surface area contributed by atoms with Gasteiger partial charge in [0.15, 0.2) is 5.96 Å². The molecule has 0 saturated carbocycles. The maximum absolute atomic E-state index is 5.88. The standard InChI is InChI=1S/C18H26N4O2S/c1-12(24-16-8-6-15(23-5)7-9-16)10-20-18(19-4)21-11-17-22-13(2)14(3)25-17/h6-9,12H,10-11H2,1-5H3,(H2,19,20,21). The molecule has 0 saturated heterocycles. The van der Waals surface area contributed by atoms with E-state index in [4.69, 9.17) is 9.47 Å². The zero-order chi connectivity index (χ0) is 18.2. The summed E-state index contributed by atoms with van der Waals surface area (Å²) in [6, 6.07) is 7.56. The van der Waals surface area contributed by atoms with E-state index in [0.29, 0.717) is 13.1 Å². The normalized spacial score (nSPS) is 12.6. The Labute approximate surface area is 153 Å². The second-order valence-corrected chi connectivity index (χ2v) is 6.95. The monoisotopic (exact) mass is 362 g/mol. The number of hydrogen-bond donors (Lipinski definition) is 2. The van der Waals surface area contributed by atoms with Gasteiger partial charge < -0.3 is 20.1 Å². The van der Waals surface area contributed by atoms with Gasteiger partial charge in [0, 0.05) is 11.9 Å². The molecule has 7 heteroatoms. The van der Waals surface area contributed by atoms with Gasteiger partial charge in [-0.15, -0.1) is 11.3 Å². The number of methoxy groups -OCH3 is 1. The van der Waals surface area contributed by atoms with Crippen LogP contribution in [-0.2, 0) is 6.54 Å². The third-order valence-corrected chi connectivity index (χ3v) is 4.73. The van der Waals surface area contributed by atoms with E-state index in [9.17, 15) is 0 Å². The van der Waals surface area contributed by atoms with Crippen molar-refractivity contribution in [1.82, 2.24) is 15.6 Å². The molecule has 1 unspecified atom stereocenters. The number of thiazole rings is 1. The number of nitrogens with zero attached hydrogens (tertiary/aromatic N) is 2. The van der Waals surface area contributed by atoms with Crippen LogP contribution in [0.4, 0.5) is 0 Å². The molecular weight excluding hydrogens is 336 g/mol. The topological polar surface area (TPSA) is 67.8 Å². The predicted molar refractivity (Wildman–Crippen MR) is 103 cm³/mol. The minimum Gasteiger partial charge on any atom is -0.497 e. The SMILES string of the molecule is CN=C(NCc1nc(C)c(C)s1)NCC(C)Oc1ccc(OC)cc1. The molecule has 0 spiro atoms. The lowest BCUT2D eigenvalue weighted by atomic mass is 10.3. The fraction of sp³-hybridized carbons (Fsp3) is 0.444. The van der Waals surface area contributed by atoms with E-state index in [1.165, 1.54) is 4.88 Å². The van der Waals surface area contributed by atoms with Crippen LogP contribution in [0.5, 0.6) is 11.5 Å². The zero-order valence-electron chi connectivity index (χ0n) is 15.4. The molecule has 0 radical (unpaired) electrons. The molecule has 0 amide bonds. The first-order chi connectivity index (χ1) is 12.0. The number of rotatable bonds is 7. The molecule has 2 rings (SSSR count). The third kappa shape index (κ3) is 5.94. The van der Waals surface area contributed by atoms with Gasteiger partial charge in [-0.2, -0.15) is 0 Å². The molecule has 6 nitrogen and oxygen atoms in total. The van der Waals surface area contributed by atoms with Gasteiger partial charge in [0.2, 0.25) is 0 Å². The maximum atomic E-state index is 5.88. The average molecular weight is 362 g/mol. The summed E-state index contributed by atoms with van der Waals surface area (Å²) in [5.41, 5.74) is 1.09. The lowest BCUT2D eigenvalue weighted by molar-refractivity contribution is 0.223. The number of ether oxygens (including phenoxy) is 2. The summed E-state index contributed by atoms with van der Waals surface area (Å²) in [6.45, 7) is 7.43. The summed E-state index contributed by atoms with van der Waals surface area (Å²) < 4.78 is 11.0. The predicted octanol–water partition coefficient (Wildman–Crippen LogP) is 2.90. The number of guanidine groups is 1. The van der Waals surface area contributed by atoms with Gasteiger partial charge in [0.25, 0.3) is 0 Å². The average Bonchev–Trinajstić information content (AvgIpc) is 2.93. The molecule has 0 aliphatic heterocycles. The number of nitrogens with one attached hydrogen (secondary N) is 2. The Bertz CT molecular complexity index is 678. The van der Waals surface area contributed by atoms with Gasteiger partial charge in [-0.25, -0.2) is 4.98 Å². The van der Waals surface area contributed by atoms with Crippen LogP contribution in [0.2, 0.25) is 0 Å². The van der Waals surface area contributed by atoms with E-state index in [-0.39, 0.29) is 6.10 Å². The van der Waals surface area contributed by atoms with Crippen LogP contribution in [0.25, 0.3) is 0 Å². The quantitative estimate of drug-likeness (QED) is 0.586. The highest BCUT2D eigenvalue weighted by atomic mass is 32.1. The second-order valence-electron chi connectivity index (χ2n) is 5.66. The van der Waals surface area contributed by atoms with E-state index < -0.39 is 0 Å². The van der Waals surface area contributed by atoms with E-state index in [1.54, 1.807) is 25.5 Å². The highest BCUT2D eigenvalue weighted by Crippen LogP contribution is 2.18. The van der Waals surface area contributed by atoms with Gasteiger partial charge in [-0.05, 0) is 45.0 Å². The van der Waals surface area contributed by atoms with Crippen molar-refractivity contribution in [2.45, 2.75) is 33.4 Å². The first-order valence-electron chi connectivity index (χ1n) is 8.20. The molecule has 1 aromatic heterocycles. The van der Waals surface area contributed by atoms with Crippen LogP contribution in [-0.4, -0.2) is 37.7 Å². The summed E-state index contributed by atoms with van der Waals surface area (Å²) in [7, 11) is 3.40. The van der Waals surface area contributed by atoms with Crippen molar-refractivity contribution in [3.63, 3.8) is 0 Å². The Hall–Kier alpha value is -2.28. The summed E-state index contributed by atoms with van der Waals surface area (Å²) in [5, 5.41) is 7.60. The Morgan fingerprint density at radius 3 is 2.44 bits per heavy atom. The van der Waals surface area contributed by atoms with Gasteiger partial charge in [0.05, 0.1) is 25.9 Å². The smallest absolute Gasteiger partial charge is 0.191 e. The fourth-order valence-corrected chi connectivity index (χ4v) is 3.04. The summed E-state index contributed by atoms with van der Waals surface area (Å²) >= 11 is 1.70. The number of aryl methyl sites for hydroxylation is 2. The van der Waals surface area contributed by atoms with Crippen LogP contribution >= 0.6 is 11.3 Å². The first-order valence-corrected chi connectivity index (χ1v) is 9.01. The molecule has 2 N–H and O–H groups in total. The molecule has 0 aliphatic rings. The molecule has 1 atom stereocenters. The Morgan fingerprint density at radius 2 is 1.88 bits per heavy atom. The van der Waals surface area contributed by atoms with E-state index in [1.807, 2.05) is 38.1 Å². The van der Waals surface area contributed by atoms with Gasteiger partial charge in [0.1, 0.15) is 22.6 Å². The van der Waals surface area contributed by atoms with E-state index >= 15 is 0 Å². The summed E-state index contributed by atoms with van der Waals surface area (Å²) in [4.78, 5) is 10.0. The van der Waals surface area contributed by atoms with Crippen molar-refractivity contribution in [3.05, 3.63) is 39.8 Å². The van der Waals surface area contributed by atoms with Crippen molar-refractivity contribution in [3.8, 4) is 11.5 Å². The molecule has 1 aromatic carbocycles. The van der Waals surface area contributed by atoms with Crippen molar-refractivity contribution in [2.24, 2.45) is 4.99 Å². The third-order valence-electron chi connectivity index (χ3n) is 3.66. The molecule has 0 bridgehead atoms. The molecule has 2 aromatic rings. The number of aliphatic imine (C=N–C) groups is 1. The number of benzene rings is 1. The molecule has 0 aliphatic carbocycles. The highest BCUT2D eigenvalue weighted by Gasteiger charge is 2.08. The molecule has 0 fully saturated rings. The minimum absolute atomic E-state index is 0.00343. The van der Waals surface area contributed by atoms with E-state index in [2.05, 4.69) is 27.5 Å². The highest BCUT2D eigenvalue weighted by molar-refractivity contribution is 7.11. The summed E-state index contributed by atoms with van der Waals surface area (Å²) in [6.07, 6.45) is -0.00343. The van der Waals surface area contributed by atoms with Crippen LogP contribution in [0.3, 0.4) is 0 Å². The lowest BCUT2D eigenvalue weighted by Crippen LogP contribution is -2.41. The Balaban J connectivity index is 1.77. The van der Waals surface area contributed by atoms with Crippen molar-refractivity contribution < 1.29 is 9.47 Å². The van der Waals surface area contributed by atoms with Crippen molar-refractivity contribution in [1.29, 1.82) is 0 Å². The minimum atomic E-state index is -0.00343. The van der Waals surface area contributed by atoms with Gasteiger partial charge in [-0.1, -0.05) is 0 Å². The van der Waals surface area contributed by atoms with Crippen LogP contribution in [0, 0.1) is 13.8 Å². The number of hydrogen-bond acceptors (Lipinski definition) is 5. The van der Waals surface area contributed by atoms with Crippen LogP contribution in [0.15, 0.2) is 29.3 Å². The van der Waals surface area contributed by atoms with Gasteiger partial charge in [-0.3, -0.25) is 4.99 Å². The molecule has 25 heavy (non-hydrogen) atoms. The van der Waals surface area contributed by atoms with Crippen LogP contribution in [0.1, 0.15) is 22.5 Å². The van der Waals surface area contributed by atoms with Crippen LogP contribution < -0.4 is 20.1 Å². The maximum Gasteiger partial charge on any atom is 0.191 e. The lowest BCUT2D eigenvalue weighted by Gasteiger charge is -2.17. The Morgan fingerprint density at radius 1 is 1.20 bits per heavy atom. The summed E-state index contributed by atoms with van der Waals surface area (Å²) in [5.74, 6) is 2.36. The van der Waals surface area contributed by atoms with Gasteiger partial charge >= 0.3 is 0 Å². The first kappa shape index (κ1) is 19.1. The fourth-order valence-electron chi connectivity index (χ4n) is 2.16. The second kappa shape index (κ2) is 9.27. The van der Waals surface area contributed by atoms with E-state index in [0.717, 1.165) is 28.2 Å². The Kier molecular flexibility index (Phi) is 7.06. The number of aromatic nitrogens is 1. The van der Waals surface area contributed by atoms with Crippen molar-refractivity contribution >= 4 is 17.3 Å².